The number of carbonyl (C=O) groups excluding carboxylic acids is 1. The molecule has 0 spiro atoms. The normalized spacial score (nSPS) is 21.5. The number of piperidine rings is 1. The summed E-state index contributed by atoms with van der Waals surface area (Å²) in [5.74, 6) is -3.26. The Morgan fingerprint density at radius 2 is 2.09 bits per heavy atom. The van der Waals surface area contributed by atoms with Gasteiger partial charge in [-0.3, -0.25) is 19.7 Å². The standard InChI is InChI=1S/C14H15FN2O5/c1-8-4-9(14(19)20)7-16(6-8)13(18)11-5-10(15)2-3-12(11)17(21)22/h2-3,5,8-9H,4,6-7H2,1H3,(H,19,20). The van der Waals surface area contributed by atoms with E-state index < -0.39 is 34.2 Å². The predicted octanol–water partition coefficient (Wildman–Crippen LogP) is 1.92. The highest BCUT2D eigenvalue weighted by Gasteiger charge is 2.34. The molecule has 1 aliphatic heterocycles. The van der Waals surface area contributed by atoms with Crippen molar-refractivity contribution in [2.45, 2.75) is 13.3 Å². The van der Waals surface area contributed by atoms with Gasteiger partial charge in [-0.1, -0.05) is 6.92 Å². The highest BCUT2D eigenvalue weighted by molar-refractivity contribution is 5.98. The van der Waals surface area contributed by atoms with Gasteiger partial charge in [0.2, 0.25) is 0 Å². The van der Waals surface area contributed by atoms with Crippen molar-refractivity contribution in [2.24, 2.45) is 11.8 Å². The van der Waals surface area contributed by atoms with Crippen molar-refractivity contribution in [2.75, 3.05) is 13.1 Å². The lowest BCUT2D eigenvalue weighted by molar-refractivity contribution is -0.385. The first kappa shape index (κ1) is 15.9. The zero-order chi connectivity index (χ0) is 16.4. The molecular formula is C14H15FN2O5. The Bertz CT molecular complexity index is 634. The number of carbonyl (C=O) groups is 2. The average molecular weight is 310 g/mol. The number of hydrogen-bond acceptors (Lipinski definition) is 4. The predicted molar refractivity (Wildman–Crippen MR) is 73.9 cm³/mol. The number of aliphatic carboxylic acids is 1. The molecule has 0 aromatic heterocycles. The third kappa shape index (κ3) is 3.21. The number of rotatable bonds is 3. The van der Waals surface area contributed by atoms with Gasteiger partial charge in [-0.2, -0.15) is 0 Å². The number of amides is 1. The topological polar surface area (TPSA) is 101 Å². The molecule has 1 aliphatic rings. The summed E-state index contributed by atoms with van der Waals surface area (Å²) in [5.41, 5.74) is -0.847. The molecular weight excluding hydrogens is 295 g/mol. The molecule has 1 fully saturated rings. The summed E-state index contributed by atoms with van der Waals surface area (Å²) in [5, 5.41) is 20.1. The second kappa shape index (κ2) is 6.08. The lowest BCUT2D eigenvalue weighted by atomic mass is 9.90. The first-order valence-electron chi connectivity index (χ1n) is 6.75. The van der Waals surface area contributed by atoms with E-state index in [1.807, 2.05) is 0 Å². The maximum atomic E-state index is 13.3. The fourth-order valence-electron chi connectivity index (χ4n) is 2.71. The Morgan fingerprint density at radius 3 is 2.68 bits per heavy atom. The second-order valence-corrected chi connectivity index (χ2v) is 5.50. The Balaban J connectivity index is 2.33. The maximum absolute atomic E-state index is 13.3. The van der Waals surface area contributed by atoms with Crippen LogP contribution >= 0.6 is 0 Å². The Labute approximate surface area is 125 Å². The highest BCUT2D eigenvalue weighted by atomic mass is 19.1. The minimum atomic E-state index is -1.02. The number of likely N-dealkylation sites (tertiary alicyclic amines) is 1. The monoisotopic (exact) mass is 310 g/mol. The van der Waals surface area contributed by atoms with Gasteiger partial charge in [-0.15, -0.1) is 0 Å². The maximum Gasteiger partial charge on any atom is 0.308 e. The average Bonchev–Trinajstić information content (AvgIpc) is 2.45. The summed E-state index contributed by atoms with van der Waals surface area (Å²) < 4.78 is 13.3. The number of hydrogen-bond donors (Lipinski definition) is 1. The molecule has 7 nitrogen and oxygen atoms in total. The van der Waals surface area contributed by atoms with E-state index in [0.717, 1.165) is 18.2 Å². The van der Waals surface area contributed by atoms with Crippen LogP contribution in [0.2, 0.25) is 0 Å². The van der Waals surface area contributed by atoms with Crippen molar-refractivity contribution >= 4 is 17.6 Å². The first-order valence-corrected chi connectivity index (χ1v) is 6.75. The van der Waals surface area contributed by atoms with E-state index in [1.165, 1.54) is 4.90 Å². The van der Waals surface area contributed by atoms with Crippen molar-refractivity contribution in [3.8, 4) is 0 Å². The summed E-state index contributed by atoms with van der Waals surface area (Å²) in [7, 11) is 0. The van der Waals surface area contributed by atoms with Crippen LogP contribution in [0.5, 0.6) is 0 Å². The van der Waals surface area contributed by atoms with E-state index in [4.69, 9.17) is 5.11 Å². The van der Waals surface area contributed by atoms with E-state index in [0.29, 0.717) is 6.42 Å². The molecule has 0 aliphatic carbocycles. The molecule has 1 heterocycles. The van der Waals surface area contributed by atoms with Crippen LogP contribution in [-0.2, 0) is 4.79 Å². The first-order chi connectivity index (χ1) is 10.3. The summed E-state index contributed by atoms with van der Waals surface area (Å²) in [6.45, 7) is 2.05. The van der Waals surface area contributed by atoms with Gasteiger partial charge < -0.3 is 10.0 Å². The number of nitro benzene ring substituents is 1. The van der Waals surface area contributed by atoms with Crippen molar-refractivity contribution in [1.82, 2.24) is 4.90 Å². The number of nitro groups is 1. The van der Waals surface area contributed by atoms with Gasteiger partial charge >= 0.3 is 5.97 Å². The number of nitrogens with zero attached hydrogens (tertiary/aromatic N) is 2. The van der Waals surface area contributed by atoms with E-state index in [2.05, 4.69) is 0 Å². The van der Waals surface area contributed by atoms with Crippen molar-refractivity contribution < 1.29 is 24.0 Å². The minimum absolute atomic E-state index is 0.0355. The number of carboxylic acids is 1. The van der Waals surface area contributed by atoms with Gasteiger partial charge in [-0.25, -0.2) is 4.39 Å². The van der Waals surface area contributed by atoms with Crippen molar-refractivity contribution in [3.05, 3.63) is 39.7 Å². The molecule has 2 unspecified atom stereocenters. The fraction of sp³-hybridized carbons (Fsp3) is 0.429. The minimum Gasteiger partial charge on any atom is -0.481 e. The van der Waals surface area contributed by atoms with Gasteiger partial charge in [0.1, 0.15) is 11.4 Å². The van der Waals surface area contributed by atoms with E-state index in [-0.39, 0.29) is 24.6 Å². The van der Waals surface area contributed by atoms with Crippen LogP contribution in [0.4, 0.5) is 10.1 Å². The summed E-state index contributed by atoms with van der Waals surface area (Å²) >= 11 is 0. The van der Waals surface area contributed by atoms with Crippen LogP contribution in [0.3, 0.4) is 0 Å². The lowest BCUT2D eigenvalue weighted by Crippen LogP contribution is -2.45. The molecule has 22 heavy (non-hydrogen) atoms. The zero-order valence-corrected chi connectivity index (χ0v) is 11.9. The molecule has 118 valence electrons. The second-order valence-electron chi connectivity index (χ2n) is 5.50. The van der Waals surface area contributed by atoms with Crippen LogP contribution in [0.1, 0.15) is 23.7 Å². The van der Waals surface area contributed by atoms with Gasteiger partial charge in [0, 0.05) is 19.2 Å². The fourth-order valence-corrected chi connectivity index (χ4v) is 2.71. The summed E-state index contributed by atoms with van der Waals surface area (Å²) in [4.78, 5) is 35.0. The quantitative estimate of drug-likeness (QED) is 0.679. The van der Waals surface area contributed by atoms with Crippen LogP contribution in [-0.4, -0.2) is 39.9 Å². The number of carboxylic acid groups (broad SMARTS) is 1. The summed E-state index contributed by atoms with van der Waals surface area (Å²) in [6.07, 6.45) is 0.435. The van der Waals surface area contributed by atoms with Crippen LogP contribution in [0.15, 0.2) is 18.2 Å². The van der Waals surface area contributed by atoms with Crippen LogP contribution < -0.4 is 0 Å². The number of halogens is 1. The van der Waals surface area contributed by atoms with Gasteiger partial charge in [0.15, 0.2) is 0 Å². The molecule has 2 rings (SSSR count). The van der Waals surface area contributed by atoms with Gasteiger partial charge in [-0.05, 0) is 24.5 Å². The molecule has 0 radical (unpaired) electrons. The molecule has 1 saturated heterocycles. The third-order valence-corrected chi connectivity index (χ3v) is 3.68. The molecule has 0 saturated carbocycles. The summed E-state index contributed by atoms with van der Waals surface area (Å²) in [6, 6.07) is 2.66. The van der Waals surface area contributed by atoms with Crippen molar-refractivity contribution in [3.63, 3.8) is 0 Å². The highest BCUT2D eigenvalue weighted by Crippen LogP contribution is 2.26. The van der Waals surface area contributed by atoms with Gasteiger partial charge in [0.25, 0.3) is 11.6 Å². The van der Waals surface area contributed by atoms with Crippen LogP contribution in [0.25, 0.3) is 0 Å². The largest absolute Gasteiger partial charge is 0.481 e. The zero-order valence-electron chi connectivity index (χ0n) is 11.9. The SMILES string of the molecule is CC1CC(C(=O)O)CN(C(=O)c2cc(F)ccc2[N+](=O)[O-])C1. The molecule has 2 atom stereocenters. The smallest absolute Gasteiger partial charge is 0.308 e. The Morgan fingerprint density at radius 1 is 1.41 bits per heavy atom. The van der Waals surface area contributed by atoms with E-state index >= 15 is 0 Å². The number of benzene rings is 1. The van der Waals surface area contributed by atoms with E-state index in [9.17, 15) is 24.1 Å². The molecule has 8 heteroatoms. The molecule has 1 aromatic carbocycles. The lowest BCUT2D eigenvalue weighted by Gasteiger charge is -2.34. The molecule has 1 aromatic rings. The molecule has 1 N–H and O–H groups in total. The van der Waals surface area contributed by atoms with Gasteiger partial charge in [0.05, 0.1) is 10.8 Å². The molecule has 1 amide bonds. The Hall–Kier alpha value is -2.51. The molecule has 0 bridgehead atoms. The van der Waals surface area contributed by atoms with E-state index in [1.54, 1.807) is 6.92 Å². The van der Waals surface area contributed by atoms with Crippen LogP contribution in [0, 0.1) is 27.8 Å². The van der Waals surface area contributed by atoms with Crippen molar-refractivity contribution in [1.29, 1.82) is 0 Å². The third-order valence-electron chi connectivity index (χ3n) is 3.68. The Kier molecular flexibility index (Phi) is 4.39.